The summed E-state index contributed by atoms with van der Waals surface area (Å²) in [5.41, 5.74) is 0.870. The highest BCUT2D eigenvalue weighted by atomic mass is 32.2. The summed E-state index contributed by atoms with van der Waals surface area (Å²) in [6.45, 7) is 0.169. The monoisotopic (exact) mass is 340 g/mol. The molecule has 1 N–H and O–H groups in total. The Labute approximate surface area is 133 Å². The maximum Gasteiger partial charge on any atom is 0.303 e. The third-order valence-corrected chi connectivity index (χ3v) is 5.21. The van der Waals surface area contributed by atoms with Gasteiger partial charge in [0.05, 0.1) is 9.77 Å². The predicted molar refractivity (Wildman–Crippen MR) is 84.2 cm³/mol. The third-order valence-electron chi connectivity index (χ3n) is 3.00. The van der Waals surface area contributed by atoms with E-state index in [-0.39, 0.29) is 13.0 Å². The fourth-order valence-corrected chi connectivity index (χ4v) is 4.11. The zero-order valence-electron chi connectivity index (χ0n) is 12.0. The molecule has 0 unspecified atom stereocenters. The Hall–Kier alpha value is -1.86. The zero-order valence-corrected chi connectivity index (χ0v) is 13.6. The van der Waals surface area contributed by atoms with E-state index in [0.717, 1.165) is 5.56 Å². The molecule has 2 aromatic rings. The molecule has 0 aliphatic heterocycles. The molecule has 22 heavy (non-hydrogen) atoms. The highest BCUT2D eigenvalue weighted by Gasteiger charge is 2.15. The summed E-state index contributed by atoms with van der Waals surface area (Å²) in [4.78, 5) is 11.5. The Morgan fingerprint density at radius 1 is 1.32 bits per heavy atom. The number of thiophene rings is 1. The Morgan fingerprint density at radius 3 is 2.77 bits per heavy atom. The van der Waals surface area contributed by atoms with Crippen molar-refractivity contribution < 1.29 is 23.1 Å². The quantitative estimate of drug-likeness (QED) is 0.838. The van der Waals surface area contributed by atoms with Crippen LogP contribution in [0.1, 0.15) is 16.9 Å². The van der Waals surface area contributed by atoms with Crippen molar-refractivity contribution in [2.24, 2.45) is 0 Å². The van der Waals surface area contributed by atoms with Crippen LogP contribution in [0.4, 0.5) is 0 Å². The van der Waals surface area contributed by atoms with Crippen molar-refractivity contribution in [2.75, 3.05) is 6.26 Å². The first kappa shape index (κ1) is 16.5. The van der Waals surface area contributed by atoms with Gasteiger partial charge in [0.1, 0.15) is 12.4 Å². The summed E-state index contributed by atoms with van der Waals surface area (Å²) in [5, 5.41) is 10.4. The Bertz CT molecular complexity index is 762. The Balaban J connectivity index is 2.05. The molecule has 118 valence electrons. The van der Waals surface area contributed by atoms with Crippen LogP contribution in [-0.2, 0) is 27.7 Å². The standard InChI is InChI=1S/C15H16O5S2/c1-22(18,19)14-7-8-21-13(14)10-20-12-4-2-3-11(9-12)5-6-15(16)17/h2-4,7-9H,5-6,10H2,1H3,(H,16,17). The lowest BCUT2D eigenvalue weighted by molar-refractivity contribution is -0.136. The van der Waals surface area contributed by atoms with Gasteiger partial charge < -0.3 is 9.84 Å². The number of ether oxygens (including phenoxy) is 1. The van der Waals surface area contributed by atoms with Gasteiger partial charge in [0.15, 0.2) is 9.84 Å². The molecule has 5 nitrogen and oxygen atoms in total. The molecule has 7 heteroatoms. The average molecular weight is 340 g/mol. The minimum absolute atomic E-state index is 0.0621. The van der Waals surface area contributed by atoms with E-state index in [4.69, 9.17) is 9.84 Å². The van der Waals surface area contributed by atoms with Gasteiger partial charge in [0.25, 0.3) is 0 Å². The second-order valence-corrected chi connectivity index (χ2v) is 7.79. The molecule has 0 saturated carbocycles. The molecule has 0 saturated heterocycles. The smallest absolute Gasteiger partial charge is 0.303 e. The maximum absolute atomic E-state index is 11.6. The first-order chi connectivity index (χ1) is 10.4. The number of hydrogen-bond donors (Lipinski definition) is 1. The normalized spacial score (nSPS) is 11.3. The number of aryl methyl sites for hydroxylation is 1. The summed E-state index contributed by atoms with van der Waals surface area (Å²) in [7, 11) is -3.26. The topological polar surface area (TPSA) is 80.7 Å². The highest BCUT2D eigenvalue weighted by Crippen LogP contribution is 2.24. The van der Waals surface area contributed by atoms with E-state index >= 15 is 0 Å². The largest absolute Gasteiger partial charge is 0.488 e. The van der Waals surface area contributed by atoms with Crippen LogP contribution in [0, 0.1) is 0 Å². The van der Waals surface area contributed by atoms with Gasteiger partial charge in [-0.25, -0.2) is 8.42 Å². The number of rotatable bonds is 7. The van der Waals surface area contributed by atoms with Crippen LogP contribution in [0.5, 0.6) is 5.75 Å². The van der Waals surface area contributed by atoms with Crippen LogP contribution in [0.15, 0.2) is 40.6 Å². The van der Waals surface area contributed by atoms with Gasteiger partial charge in [-0.3, -0.25) is 4.79 Å². The van der Waals surface area contributed by atoms with Crippen molar-refractivity contribution in [3.63, 3.8) is 0 Å². The molecule has 0 fully saturated rings. The van der Waals surface area contributed by atoms with Gasteiger partial charge >= 0.3 is 5.97 Å². The summed E-state index contributed by atoms with van der Waals surface area (Å²) in [6.07, 6.45) is 1.66. The number of aliphatic carboxylic acids is 1. The van der Waals surface area contributed by atoms with Crippen LogP contribution >= 0.6 is 11.3 Å². The first-order valence-corrected chi connectivity index (χ1v) is 9.33. The minimum Gasteiger partial charge on any atom is -0.488 e. The van der Waals surface area contributed by atoms with Crippen molar-refractivity contribution in [3.8, 4) is 5.75 Å². The van der Waals surface area contributed by atoms with Crippen molar-refractivity contribution >= 4 is 27.1 Å². The summed E-state index contributed by atoms with van der Waals surface area (Å²) < 4.78 is 28.9. The molecular weight excluding hydrogens is 324 g/mol. The molecule has 1 aromatic heterocycles. The van der Waals surface area contributed by atoms with E-state index in [9.17, 15) is 13.2 Å². The molecule has 1 aromatic carbocycles. The average Bonchev–Trinajstić information content (AvgIpc) is 2.92. The molecule has 0 bridgehead atoms. The van der Waals surface area contributed by atoms with Crippen molar-refractivity contribution in [1.82, 2.24) is 0 Å². The van der Waals surface area contributed by atoms with Gasteiger partial charge in [0.2, 0.25) is 0 Å². The molecule has 0 amide bonds. The molecule has 0 spiro atoms. The maximum atomic E-state index is 11.6. The number of benzene rings is 1. The molecule has 0 radical (unpaired) electrons. The number of sulfone groups is 1. The zero-order chi connectivity index (χ0) is 16.2. The van der Waals surface area contributed by atoms with Crippen LogP contribution in [0.3, 0.4) is 0 Å². The van der Waals surface area contributed by atoms with Crippen LogP contribution < -0.4 is 4.74 Å². The molecule has 0 atom stereocenters. The molecular formula is C15H16O5S2. The van der Waals surface area contributed by atoms with Crippen molar-refractivity contribution in [3.05, 3.63) is 46.2 Å². The summed E-state index contributed by atoms with van der Waals surface area (Å²) >= 11 is 1.33. The van der Waals surface area contributed by atoms with Crippen LogP contribution in [0.2, 0.25) is 0 Å². The third kappa shape index (κ3) is 4.57. The second-order valence-electron chi connectivity index (χ2n) is 4.81. The van der Waals surface area contributed by atoms with E-state index in [1.54, 1.807) is 29.6 Å². The minimum atomic E-state index is -3.26. The summed E-state index contributed by atoms with van der Waals surface area (Å²) in [5.74, 6) is -0.251. The Morgan fingerprint density at radius 2 is 2.09 bits per heavy atom. The van der Waals surface area contributed by atoms with Crippen LogP contribution in [-0.4, -0.2) is 25.7 Å². The summed E-state index contributed by atoms with van der Waals surface area (Å²) in [6, 6.07) is 8.73. The molecule has 0 aliphatic rings. The van der Waals surface area contributed by atoms with E-state index in [2.05, 4.69) is 0 Å². The van der Waals surface area contributed by atoms with E-state index < -0.39 is 15.8 Å². The fourth-order valence-electron chi connectivity index (χ4n) is 1.96. The van der Waals surface area contributed by atoms with E-state index in [1.165, 1.54) is 17.6 Å². The van der Waals surface area contributed by atoms with E-state index in [1.807, 2.05) is 6.07 Å². The number of carboxylic acid groups (broad SMARTS) is 1. The molecule has 1 heterocycles. The molecule has 0 aliphatic carbocycles. The lowest BCUT2D eigenvalue weighted by Gasteiger charge is -2.08. The highest BCUT2D eigenvalue weighted by molar-refractivity contribution is 7.90. The number of carboxylic acids is 1. The van der Waals surface area contributed by atoms with Crippen molar-refractivity contribution in [2.45, 2.75) is 24.3 Å². The van der Waals surface area contributed by atoms with Gasteiger partial charge in [-0.2, -0.15) is 0 Å². The van der Waals surface area contributed by atoms with Crippen LogP contribution in [0.25, 0.3) is 0 Å². The van der Waals surface area contributed by atoms with Gasteiger partial charge in [-0.1, -0.05) is 12.1 Å². The molecule has 2 rings (SSSR count). The predicted octanol–water partition coefficient (Wildman–Crippen LogP) is 2.75. The first-order valence-electron chi connectivity index (χ1n) is 6.56. The number of hydrogen-bond acceptors (Lipinski definition) is 5. The Kier molecular flexibility index (Phi) is 5.20. The van der Waals surface area contributed by atoms with E-state index in [0.29, 0.717) is 21.9 Å². The fraction of sp³-hybridized carbons (Fsp3) is 0.267. The van der Waals surface area contributed by atoms with Gasteiger partial charge in [-0.05, 0) is 35.6 Å². The van der Waals surface area contributed by atoms with Crippen molar-refractivity contribution in [1.29, 1.82) is 0 Å². The van der Waals surface area contributed by atoms with Gasteiger partial charge in [0, 0.05) is 12.7 Å². The second kappa shape index (κ2) is 6.93. The lowest BCUT2D eigenvalue weighted by Crippen LogP contribution is -2.02. The number of carbonyl (C=O) groups is 1. The lowest BCUT2D eigenvalue weighted by atomic mass is 10.1. The van der Waals surface area contributed by atoms with Gasteiger partial charge in [-0.15, -0.1) is 11.3 Å². The SMILES string of the molecule is CS(=O)(=O)c1ccsc1COc1cccc(CCC(=O)O)c1.